The molecule has 2 rings (SSSR count). The molecule has 1 heterocycles. The van der Waals surface area contributed by atoms with E-state index in [0.717, 1.165) is 19.3 Å². The van der Waals surface area contributed by atoms with Gasteiger partial charge in [-0.2, -0.15) is 0 Å². The molecule has 0 atom stereocenters. The van der Waals surface area contributed by atoms with Gasteiger partial charge < -0.3 is 4.90 Å². The van der Waals surface area contributed by atoms with Crippen LogP contribution in [0.1, 0.15) is 29.6 Å². The quantitative estimate of drug-likeness (QED) is 0.715. The van der Waals surface area contributed by atoms with Crippen LogP contribution < -0.4 is 0 Å². The minimum absolute atomic E-state index is 0.00120. The third-order valence-corrected chi connectivity index (χ3v) is 3.69. The second-order valence-corrected chi connectivity index (χ2v) is 4.86. The molecule has 0 saturated carbocycles. The van der Waals surface area contributed by atoms with Gasteiger partial charge in [-0.3, -0.25) is 4.79 Å². The van der Waals surface area contributed by atoms with Gasteiger partial charge in [0.05, 0.1) is 15.6 Å². The smallest absolute Gasteiger partial charge is 0.256 e. The van der Waals surface area contributed by atoms with E-state index >= 15 is 0 Å². The van der Waals surface area contributed by atoms with E-state index < -0.39 is 5.82 Å². The van der Waals surface area contributed by atoms with Crippen molar-refractivity contribution in [2.75, 3.05) is 13.1 Å². The molecule has 1 fully saturated rings. The Kier molecular flexibility index (Phi) is 3.89. The third kappa shape index (κ3) is 2.55. The maximum atomic E-state index is 13.8. The van der Waals surface area contributed by atoms with Gasteiger partial charge in [-0.25, -0.2) is 4.39 Å². The van der Waals surface area contributed by atoms with E-state index in [-0.39, 0.29) is 21.5 Å². The first-order chi connectivity index (χ1) is 8.11. The van der Waals surface area contributed by atoms with Crippen LogP contribution in [-0.4, -0.2) is 23.9 Å². The average molecular weight is 276 g/mol. The summed E-state index contributed by atoms with van der Waals surface area (Å²) >= 11 is 11.4. The van der Waals surface area contributed by atoms with E-state index in [1.807, 2.05) is 0 Å². The van der Waals surface area contributed by atoms with Crippen LogP contribution in [0.25, 0.3) is 0 Å². The number of carbonyl (C=O) groups is 1. The van der Waals surface area contributed by atoms with Crippen molar-refractivity contribution < 1.29 is 9.18 Å². The highest BCUT2D eigenvalue weighted by atomic mass is 35.5. The zero-order valence-electron chi connectivity index (χ0n) is 9.18. The first kappa shape index (κ1) is 12.7. The summed E-state index contributed by atoms with van der Waals surface area (Å²) in [5.41, 5.74) is 0.00120. The molecular formula is C12H12Cl2FNO. The topological polar surface area (TPSA) is 20.3 Å². The molecule has 92 valence electrons. The fourth-order valence-electron chi connectivity index (χ4n) is 1.96. The number of carbonyl (C=O) groups excluding carboxylic acids is 1. The minimum atomic E-state index is -0.727. The number of benzene rings is 1. The largest absolute Gasteiger partial charge is 0.339 e. The maximum absolute atomic E-state index is 13.8. The molecule has 0 bridgehead atoms. The number of amides is 1. The number of rotatable bonds is 1. The van der Waals surface area contributed by atoms with Crippen LogP contribution >= 0.6 is 23.2 Å². The van der Waals surface area contributed by atoms with Gasteiger partial charge in [0.1, 0.15) is 0 Å². The fraction of sp³-hybridized carbons (Fsp3) is 0.417. The summed E-state index contributed by atoms with van der Waals surface area (Å²) in [4.78, 5) is 13.7. The van der Waals surface area contributed by atoms with Crippen molar-refractivity contribution in [1.29, 1.82) is 0 Å². The summed E-state index contributed by atoms with van der Waals surface area (Å²) in [6.07, 6.45) is 3.05. The number of halogens is 3. The van der Waals surface area contributed by atoms with Crippen molar-refractivity contribution in [3.63, 3.8) is 0 Å². The second-order valence-electron chi connectivity index (χ2n) is 4.08. The summed E-state index contributed by atoms with van der Waals surface area (Å²) < 4.78 is 13.8. The van der Waals surface area contributed by atoms with Crippen LogP contribution in [0.5, 0.6) is 0 Å². The van der Waals surface area contributed by atoms with E-state index in [2.05, 4.69) is 0 Å². The third-order valence-electron chi connectivity index (χ3n) is 2.91. The van der Waals surface area contributed by atoms with Gasteiger partial charge >= 0.3 is 0 Å². The molecule has 1 aromatic rings. The number of hydrogen-bond acceptors (Lipinski definition) is 1. The van der Waals surface area contributed by atoms with Crippen LogP contribution in [0.15, 0.2) is 12.1 Å². The summed E-state index contributed by atoms with van der Waals surface area (Å²) in [5, 5.41) is -0.0612. The maximum Gasteiger partial charge on any atom is 0.256 e. The Morgan fingerprint density at radius 1 is 1.18 bits per heavy atom. The molecule has 17 heavy (non-hydrogen) atoms. The molecule has 5 heteroatoms. The SMILES string of the molecule is O=C(c1ccc(Cl)c(Cl)c1F)N1CCCCC1. The lowest BCUT2D eigenvalue weighted by Crippen LogP contribution is -2.36. The molecule has 1 saturated heterocycles. The van der Waals surface area contributed by atoms with Crippen molar-refractivity contribution in [2.45, 2.75) is 19.3 Å². The lowest BCUT2D eigenvalue weighted by Gasteiger charge is -2.27. The summed E-state index contributed by atoms with van der Waals surface area (Å²) in [7, 11) is 0. The number of hydrogen-bond donors (Lipinski definition) is 0. The highest BCUT2D eigenvalue weighted by molar-refractivity contribution is 6.42. The molecular weight excluding hydrogens is 264 g/mol. The lowest BCUT2D eigenvalue weighted by atomic mass is 10.1. The summed E-state index contributed by atoms with van der Waals surface area (Å²) in [6, 6.07) is 2.84. The molecule has 1 amide bonds. The molecule has 0 unspecified atom stereocenters. The molecule has 2 nitrogen and oxygen atoms in total. The van der Waals surface area contributed by atoms with Crippen molar-refractivity contribution in [2.24, 2.45) is 0 Å². The van der Waals surface area contributed by atoms with Crippen LogP contribution in [0.3, 0.4) is 0 Å². The van der Waals surface area contributed by atoms with Gasteiger partial charge in [0.25, 0.3) is 5.91 Å². The van der Waals surface area contributed by atoms with Crippen molar-refractivity contribution in [3.8, 4) is 0 Å². The Hall–Kier alpha value is -0.800. The standard InChI is InChI=1S/C12H12Cl2FNO/c13-9-5-4-8(11(15)10(9)14)12(17)16-6-2-1-3-7-16/h4-5H,1-3,6-7H2. The number of likely N-dealkylation sites (tertiary alicyclic amines) is 1. The van der Waals surface area contributed by atoms with Crippen LogP contribution in [0, 0.1) is 5.82 Å². The van der Waals surface area contributed by atoms with Crippen LogP contribution in [0.4, 0.5) is 4.39 Å². The van der Waals surface area contributed by atoms with Gasteiger partial charge in [0.2, 0.25) is 0 Å². The van der Waals surface area contributed by atoms with Crippen molar-refractivity contribution in [1.82, 2.24) is 4.90 Å². The lowest BCUT2D eigenvalue weighted by molar-refractivity contribution is 0.0719. The van der Waals surface area contributed by atoms with E-state index in [0.29, 0.717) is 13.1 Å². The molecule has 0 aromatic heterocycles. The second kappa shape index (κ2) is 5.23. The first-order valence-electron chi connectivity index (χ1n) is 5.54. The van der Waals surface area contributed by atoms with Gasteiger partial charge in [-0.05, 0) is 31.4 Å². The molecule has 1 aromatic carbocycles. The minimum Gasteiger partial charge on any atom is -0.339 e. The first-order valence-corrected chi connectivity index (χ1v) is 6.29. The molecule has 1 aliphatic rings. The number of nitrogens with zero attached hydrogens (tertiary/aromatic N) is 1. The normalized spacial score (nSPS) is 16.1. The fourth-order valence-corrected chi connectivity index (χ4v) is 2.27. The average Bonchev–Trinajstić information content (AvgIpc) is 2.36. The highest BCUT2D eigenvalue weighted by Gasteiger charge is 2.23. The molecule has 1 aliphatic heterocycles. The van der Waals surface area contributed by atoms with Crippen molar-refractivity contribution in [3.05, 3.63) is 33.6 Å². The Morgan fingerprint density at radius 3 is 2.47 bits per heavy atom. The summed E-state index contributed by atoms with van der Waals surface area (Å²) in [5.74, 6) is -1.03. The van der Waals surface area contributed by atoms with E-state index in [1.54, 1.807) is 4.90 Å². The zero-order valence-corrected chi connectivity index (χ0v) is 10.7. The molecule has 0 aliphatic carbocycles. The van der Waals surface area contributed by atoms with E-state index in [4.69, 9.17) is 23.2 Å². The Bertz CT molecular complexity index is 444. The van der Waals surface area contributed by atoms with Gasteiger partial charge in [0.15, 0.2) is 5.82 Å². The van der Waals surface area contributed by atoms with Crippen molar-refractivity contribution >= 4 is 29.1 Å². The Balaban J connectivity index is 2.27. The molecule has 0 spiro atoms. The zero-order chi connectivity index (χ0) is 12.4. The highest BCUT2D eigenvalue weighted by Crippen LogP contribution is 2.28. The number of piperidine rings is 1. The van der Waals surface area contributed by atoms with Gasteiger partial charge in [0, 0.05) is 13.1 Å². The van der Waals surface area contributed by atoms with Crippen LogP contribution in [-0.2, 0) is 0 Å². The monoisotopic (exact) mass is 275 g/mol. The predicted octanol–water partition coefficient (Wildman–Crippen LogP) is 3.76. The van der Waals surface area contributed by atoms with Gasteiger partial charge in [-0.15, -0.1) is 0 Å². The summed E-state index contributed by atoms with van der Waals surface area (Å²) in [6.45, 7) is 1.36. The Labute approximate surface area is 109 Å². The van der Waals surface area contributed by atoms with Crippen LogP contribution in [0.2, 0.25) is 10.0 Å². The molecule has 0 radical (unpaired) electrons. The molecule has 0 N–H and O–H groups in total. The van der Waals surface area contributed by atoms with E-state index in [1.165, 1.54) is 12.1 Å². The predicted molar refractivity (Wildman–Crippen MR) is 66.2 cm³/mol. The Morgan fingerprint density at radius 2 is 1.82 bits per heavy atom. The van der Waals surface area contributed by atoms with Gasteiger partial charge in [-0.1, -0.05) is 23.2 Å². The van der Waals surface area contributed by atoms with E-state index in [9.17, 15) is 9.18 Å².